The Morgan fingerprint density at radius 2 is 1.44 bits per heavy atom. The molecule has 0 saturated heterocycles. The summed E-state index contributed by atoms with van der Waals surface area (Å²) in [6.45, 7) is 5.54. The van der Waals surface area contributed by atoms with E-state index in [1.54, 1.807) is 19.1 Å². The van der Waals surface area contributed by atoms with Crippen LogP contribution in [0.4, 0.5) is 30.2 Å². The average molecular weight is 612 g/mol. The number of hydrogen-bond donors (Lipinski definition) is 2. The Kier molecular flexibility index (Phi) is 8.40. The van der Waals surface area contributed by atoms with Gasteiger partial charge in [-0.05, 0) is 104 Å². The molecule has 1 aliphatic heterocycles. The van der Waals surface area contributed by atoms with Crippen LogP contribution in [0.2, 0.25) is 0 Å². The van der Waals surface area contributed by atoms with E-state index in [2.05, 4.69) is 10.6 Å². The van der Waals surface area contributed by atoms with E-state index in [4.69, 9.17) is 0 Å². The summed E-state index contributed by atoms with van der Waals surface area (Å²) >= 11 is 0. The molecule has 2 aliphatic rings. The van der Waals surface area contributed by atoms with Crippen molar-refractivity contribution in [1.29, 1.82) is 0 Å². The number of fused-ring (bicyclic) bond motifs is 1. The van der Waals surface area contributed by atoms with Gasteiger partial charge in [0.2, 0.25) is 5.91 Å². The largest absolute Gasteiger partial charge is 0.382 e. The van der Waals surface area contributed by atoms with Crippen LogP contribution in [-0.2, 0) is 11.2 Å². The molecular formula is C37H36F3N3O2. The van der Waals surface area contributed by atoms with Crippen molar-refractivity contribution < 1.29 is 22.8 Å². The highest BCUT2D eigenvalue weighted by atomic mass is 19.2. The zero-order valence-corrected chi connectivity index (χ0v) is 25.6. The molecule has 2 amide bonds. The Morgan fingerprint density at radius 3 is 2.13 bits per heavy atom. The second-order valence-corrected chi connectivity index (χ2v) is 12.3. The van der Waals surface area contributed by atoms with Gasteiger partial charge in [-0.1, -0.05) is 43.2 Å². The molecule has 4 aromatic rings. The smallest absolute Gasteiger partial charge is 0.262 e. The van der Waals surface area contributed by atoms with E-state index in [-0.39, 0.29) is 23.2 Å². The SMILES string of the molecule is Cc1ccc(NC(=O)[C@H]2Cc3cc(F)c(F)cc3N(C(=O)c3c(C)cccc3F)C2c2ccc(NC3CCCC3)cc2)cc1C. The van der Waals surface area contributed by atoms with Gasteiger partial charge >= 0.3 is 0 Å². The highest BCUT2D eigenvalue weighted by Gasteiger charge is 2.44. The monoisotopic (exact) mass is 611 g/mol. The predicted molar refractivity (Wildman–Crippen MR) is 171 cm³/mol. The number of rotatable bonds is 6. The summed E-state index contributed by atoms with van der Waals surface area (Å²) < 4.78 is 44.7. The van der Waals surface area contributed by atoms with Crippen molar-refractivity contribution in [2.75, 3.05) is 15.5 Å². The number of halogens is 3. The van der Waals surface area contributed by atoms with E-state index in [1.807, 2.05) is 50.2 Å². The Morgan fingerprint density at radius 1 is 0.756 bits per heavy atom. The minimum atomic E-state index is -1.13. The second-order valence-electron chi connectivity index (χ2n) is 12.3. The van der Waals surface area contributed by atoms with Gasteiger partial charge in [0.25, 0.3) is 5.91 Å². The van der Waals surface area contributed by atoms with Crippen molar-refractivity contribution >= 4 is 28.9 Å². The van der Waals surface area contributed by atoms with E-state index in [9.17, 15) is 18.4 Å². The summed E-state index contributed by atoms with van der Waals surface area (Å²) in [6.07, 6.45) is 4.58. The summed E-state index contributed by atoms with van der Waals surface area (Å²) in [4.78, 5) is 29.8. The zero-order valence-electron chi connectivity index (χ0n) is 25.6. The van der Waals surface area contributed by atoms with Gasteiger partial charge in [0.1, 0.15) is 5.82 Å². The number of nitrogens with one attached hydrogen (secondary N) is 2. The van der Waals surface area contributed by atoms with E-state index in [0.717, 1.165) is 41.8 Å². The molecule has 0 aromatic heterocycles. The normalized spacial score (nSPS) is 18.0. The maximum absolute atomic E-state index is 15.3. The van der Waals surface area contributed by atoms with Gasteiger partial charge in [0.15, 0.2) is 11.6 Å². The predicted octanol–water partition coefficient (Wildman–Crippen LogP) is 8.58. The van der Waals surface area contributed by atoms with Gasteiger partial charge in [-0.3, -0.25) is 14.5 Å². The molecule has 4 aromatic carbocycles. The number of amides is 2. The van der Waals surface area contributed by atoms with Crippen LogP contribution in [0, 0.1) is 44.1 Å². The summed E-state index contributed by atoms with van der Waals surface area (Å²) in [5.41, 5.74) is 4.76. The first-order valence-electron chi connectivity index (χ1n) is 15.4. The van der Waals surface area contributed by atoms with Gasteiger partial charge in [0.05, 0.1) is 23.2 Å². The molecule has 1 unspecified atom stereocenters. The average Bonchev–Trinajstić information content (AvgIpc) is 3.52. The number of anilines is 3. The minimum Gasteiger partial charge on any atom is -0.382 e. The molecule has 2 atom stereocenters. The van der Waals surface area contributed by atoms with Crippen LogP contribution < -0.4 is 15.5 Å². The third-order valence-corrected chi connectivity index (χ3v) is 9.22. The van der Waals surface area contributed by atoms with Crippen LogP contribution in [0.15, 0.2) is 72.8 Å². The topological polar surface area (TPSA) is 61.4 Å². The van der Waals surface area contributed by atoms with Crippen LogP contribution in [-0.4, -0.2) is 17.9 Å². The van der Waals surface area contributed by atoms with Crippen LogP contribution in [0.1, 0.15) is 69.9 Å². The molecule has 8 heteroatoms. The fourth-order valence-electron chi connectivity index (χ4n) is 6.66. The van der Waals surface area contributed by atoms with Gasteiger partial charge in [-0.15, -0.1) is 0 Å². The van der Waals surface area contributed by atoms with Crippen LogP contribution >= 0.6 is 0 Å². The van der Waals surface area contributed by atoms with Gasteiger partial charge in [-0.25, -0.2) is 13.2 Å². The first kappa shape index (κ1) is 30.4. The van der Waals surface area contributed by atoms with Crippen LogP contribution in [0.5, 0.6) is 0 Å². The number of nitrogens with zero attached hydrogens (tertiary/aromatic N) is 1. The number of hydrogen-bond acceptors (Lipinski definition) is 3. The Hall–Kier alpha value is -4.59. The number of benzene rings is 4. The number of carbonyl (C=O) groups excluding carboxylic acids is 2. The maximum atomic E-state index is 15.3. The van der Waals surface area contributed by atoms with Gasteiger partial charge in [0, 0.05) is 23.5 Å². The molecule has 1 fully saturated rings. The molecule has 232 valence electrons. The summed E-state index contributed by atoms with van der Waals surface area (Å²) in [5.74, 6) is -4.99. The molecular weight excluding hydrogens is 575 g/mol. The minimum absolute atomic E-state index is 0.0377. The Balaban J connectivity index is 1.48. The molecule has 5 nitrogen and oxygen atoms in total. The fraction of sp³-hybridized carbons (Fsp3) is 0.297. The second kappa shape index (κ2) is 12.4. The van der Waals surface area contributed by atoms with Crippen LogP contribution in [0.3, 0.4) is 0 Å². The third kappa shape index (κ3) is 6.06. The lowest BCUT2D eigenvalue weighted by Crippen LogP contribution is -2.47. The Labute approximate surface area is 261 Å². The molecule has 1 aliphatic carbocycles. The van der Waals surface area contributed by atoms with Crippen molar-refractivity contribution in [2.45, 2.75) is 65.0 Å². The van der Waals surface area contributed by atoms with Crippen molar-refractivity contribution in [3.8, 4) is 0 Å². The van der Waals surface area contributed by atoms with Gasteiger partial charge < -0.3 is 10.6 Å². The lowest BCUT2D eigenvalue weighted by atomic mass is 9.80. The van der Waals surface area contributed by atoms with Gasteiger partial charge in [-0.2, -0.15) is 0 Å². The van der Waals surface area contributed by atoms with E-state index < -0.39 is 41.2 Å². The first-order valence-corrected chi connectivity index (χ1v) is 15.4. The summed E-state index contributed by atoms with van der Waals surface area (Å²) in [7, 11) is 0. The summed E-state index contributed by atoms with van der Waals surface area (Å²) in [6, 6.07) is 18.8. The van der Waals surface area contributed by atoms with E-state index in [0.29, 0.717) is 22.9 Å². The lowest BCUT2D eigenvalue weighted by molar-refractivity contribution is -0.120. The number of aryl methyl sites for hydroxylation is 3. The van der Waals surface area contributed by atoms with Crippen molar-refractivity contribution in [2.24, 2.45) is 5.92 Å². The number of carbonyl (C=O) groups is 2. The Bertz CT molecular complexity index is 1750. The standard InChI is InChI=1S/C37H36F3N3O2/c1-21-11-14-28(17-23(21)3)42-36(44)29-18-25-19-31(39)32(40)20-33(25)43(37(45)34-22(2)7-6-10-30(34)38)35(29)24-12-15-27(16-13-24)41-26-8-4-5-9-26/h6-7,10-17,19-20,26,29,35,41H,4-5,8-9,18H2,1-3H3,(H,42,44)/t29-,35?/m0/s1. The molecule has 0 bridgehead atoms. The molecule has 45 heavy (non-hydrogen) atoms. The lowest BCUT2D eigenvalue weighted by Gasteiger charge is -2.42. The molecule has 0 radical (unpaired) electrons. The molecule has 1 heterocycles. The van der Waals surface area contributed by atoms with Crippen molar-refractivity contribution in [1.82, 2.24) is 0 Å². The zero-order chi connectivity index (χ0) is 31.8. The van der Waals surface area contributed by atoms with E-state index in [1.165, 1.54) is 29.9 Å². The molecule has 0 spiro atoms. The highest BCUT2D eigenvalue weighted by molar-refractivity contribution is 6.09. The maximum Gasteiger partial charge on any atom is 0.262 e. The quantitative estimate of drug-likeness (QED) is 0.230. The summed E-state index contributed by atoms with van der Waals surface area (Å²) in [5, 5.41) is 6.54. The fourth-order valence-corrected chi connectivity index (χ4v) is 6.66. The van der Waals surface area contributed by atoms with Crippen molar-refractivity contribution in [3.05, 3.63) is 124 Å². The highest BCUT2D eigenvalue weighted by Crippen LogP contribution is 2.45. The van der Waals surface area contributed by atoms with Crippen LogP contribution in [0.25, 0.3) is 0 Å². The molecule has 6 rings (SSSR count). The first-order chi connectivity index (χ1) is 21.6. The molecule has 2 N–H and O–H groups in total. The third-order valence-electron chi connectivity index (χ3n) is 9.22. The van der Waals surface area contributed by atoms with E-state index >= 15 is 4.39 Å². The van der Waals surface area contributed by atoms with Crippen molar-refractivity contribution in [3.63, 3.8) is 0 Å². The molecule has 1 saturated carbocycles.